The Morgan fingerprint density at radius 1 is 1.50 bits per heavy atom. The molecule has 0 radical (unpaired) electrons. The van der Waals surface area contributed by atoms with Crippen molar-refractivity contribution in [3.63, 3.8) is 0 Å². The van der Waals surface area contributed by atoms with Crippen LogP contribution in [0.3, 0.4) is 0 Å². The third-order valence-electron chi connectivity index (χ3n) is 1.07. The summed E-state index contributed by atoms with van der Waals surface area (Å²) in [5.41, 5.74) is 5.37. The first-order valence-electron chi connectivity index (χ1n) is 3.13. The van der Waals surface area contributed by atoms with Crippen molar-refractivity contribution in [2.24, 2.45) is 5.73 Å². The second-order valence-electron chi connectivity index (χ2n) is 1.97. The molecule has 0 spiro atoms. The van der Waals surface area contributed by atoms with Crippen molar-refractivity contribution >= 4 is 0 Å². The Kier molecular flexibility index (Phi) is 5.90. The van der Waals surface area contributed by atoms with Crippen LogP contribution in [0.1, 0.15) is 32.6 Å². The zero-order chi connectivity index (χ0) is 6.41. The molecule has 0 saturated heterocycles. The van der Waals surface area contributed by atoms with Crippen LogP contribution < -0.4 is 5.73 Å². The molecule has 0 aliphatic rings. The van der Waals surface area contributed by atoms with Gasteiger partial charge in [0, 0.05) is 0 Å². The standard InChI is InChI=1S/C6H14N.Ni/c1-2-3-4-5-6-7;/h6H,2-5,7H2,1H3;. The van der Waals surface area contributed by atoms with E-state index in [2.05, 4.69) is 22.4 Å². The molecular formula is C6H14NNi. The summed E-state index contributed by atoms with van der Waals surface area (Å²) in [6.07, 6.45) is 4.76. The van der Waals surface area contributed by atoms with Crippen molar-refractivity contribution in [2.75, 3.05) is 0 Å². The molecule has 0 aliphatic heterocycles. The maximum atomic E-state index is 5.37. The van der Waals surface area contributed by atoms with Gasteiger partial charge in [-0.2, -0.15) is 0 Å². The fourth-order valence-corrected chi connectivity index (χ4v) is 0.778. The number of unbranched alkanes of at least 4 members (excludes halogenated alkanes) is 2. The van der Waals surface area contributed by atoms with Crippen molar-refractivity contribution in [1.29, 1.82) is 0 Å². The summed E-state index contributed by atoms with van der Waals surface area (Å²) in [6.45, 7) is 2.18. The molecule has 2 N–H and O–H groups in total. The SMILES string of the molecule is CCCCC[CH](N)[Ni]. The van der Waals surface area contributed by atoms with E-state index in [0.29, 0.717) is 0 Å². The normalized spacial score (nSPS) is 14.0. The summed E-state index contributed by atoms with van der Waals surface area (Å²) in [5, 5.41) is 0.0292. The van der Waals surface area contributed by atoms with E-state index in [4.69, 9.17) is 5.73 Å². The molecule has 0 rings (SSSR count). The predicted octanol–water partition coefficient (Wildman–Crippen LogP) is 1.40. The van der Waals surface area contributed by atoms with Gasteiger partial charge in [-0.1, -0.05) is 0 Å². The van der Waals surface area contributed by atoms with Gasteiger partial charge >= 0.3 is 58.8 Å². The number of hydrogen-bond donors (Lipinski definition) is 1. The first-order chi connectivity index (χ1) is 3.77. The van der Waals surface area contributed by atoms with Crippen molar-refractivity contribution in [3.8, 4) is 0 Å². The van der Waals surface area contributed by atoms with Gasteiger partial charge in [0.05, 0.1) is 0 Å². The summed E-state index contributed by atoms with van der Waals surface area (Å²) >= 11 is 4.50. The second kappa shape index (κ2) is 5.59. The third kappa shape index (κ3) is 6.45. The van der Waals surface area contributed by atoms with E-state index in [1.54, 1.807) is 0 Å². The van der Waals surface area contributed by atoms with Crippen LogP contribution >= 0.6 is 0 Å². The molecule has 8 heavy (non-hydrogen) atoms. The Morgan fingerprint density at radius 3 is 2.50 bits per heavy atom. The Bertz CT molecular complexity index is 45.8. The number of nitrogens with two attached hydrogens (primary N) is 1. The van der Waals surface area contributed by atoms with E-state index < -0.39 is 0 Å². The molecule has 0 amide bonds. The van der Waals surface area contributed by atoms with Gasteiger partial charge < -0.3 is 0 Å². The summed E-state index contributed by atoms with van der Waals surface area (Å²) in [4.78, 5) is 0. The third-order valence-corrected chi connectivity index (χ3v) is 1.35. The van der Waals surface area contributed by atoms with Gasteiger partial charge in [0.2, 0.25) is 0 Å². The van der Waals surface area contributed by atoms with Gasteiger partial charge in [0.15, 0.2) is 0 Å². The Hall–Kier alpha value is 0.454. The molecule has 53 valence electrons. The molecule has 1 unspecified atom stereocenters. The van der Waals surface area contributed by atoms with E-state index in [1.807, 2.05) is 0 Å². The van der Waals surface area contributed by atoms with E-state index >= 15 is 0 Å². The van der Waals surface area contributed by atoms with Crippen molar-refractivity contribution in [2.45, 2.75) is 37.6 Å². The molecule has 0 heterocycles. The molecule has 0 saturated carbocycles. The van der Waals surface area contributed by atoms with Gasteiger partial charge in [-0.15, -0.1) is 0 Å². The van der Waals surface area contributed by atoms with E-state index in [-0.39, 0.29) is 5.01 Å². The van der Waals surface area contributed by atoms with Gasteiger partial charge in [0.25, 0.3) is 0 Å². The van der Waals surface area contributed by atoms with Crippen molar-refractivity contribution in [3.05, 3.63) is 0 Å². The first kappa shape index (κ1) is 8.45. The van der Waals surface area contributed by atoms with Crippen molar-refractivity contribution < 1.29 is 15.5 Å². The maximum absolute atomic E-state index is 5.37. The summed E-state index contributed by atoms with van der Waals surface area (Å²) < 4.78 is 0. The predicted molar refractivity (Wildman–Crippen MR) is 32.1 cm³/mol. The second-order valence-corrected chi connectivity index (χ2v) is 2.70. The Morgan fingerprint density at radius 2 is 2.12 bits per heavy atom. The van der Waals surface area contributed by atoms with Crippen LogP contribution in [0.2, 0.25) is 0 Å². The molecule has 1 atom stereocenters. The van der Waals surface area contributed by atoms with Crippen LogP contribution in [-0.2, 0) is 15.5 Å². The van der Waals surface area contributed by atoms with Crippen LogP contribution in [0.5, 0.6) is 0 Å². The number of hydrogen-bond acceptors (Lipinski definition) is 1. The van der Waals surface area contributed by atoms with Crippen LogP contribution in [0.15, 0.2) is 0 Å². The molecule has 2 heteroatoms. The average Bonchev–Trinajstić information content (AvgIpc) is 1.66. The van der Waals surface area contributed by atoms with Gasteiger partial charge in [0.1, 0.15) is 0 Å². The average molecular weight is 159 g/mol. The first-order valence-corrected chi connectivity index (χ1v) is 3.70. The zero-order valence-corrected chi connectivity index (χ0v) is 6.29. The summed E-state index contributed by atoms with van der Waals surface area (Å²) in [6, 6.07) is 0. The minimum absolute atomic E-state index is 0.0292. The van der Waals surface area contributed by atoms with Crippen LogP contribution in [0, 0.1) is 0 Å². The van der Waals surface area contributed by atoms with Crippen LogP contribution in [0.4, 0.5) is 0 Å². The van der Waals surface area contributed by atoms with Gasteiger partial charge in [-0.25, -0.2) is 0 Å². The number of rotatable bonds is 4. The van der Waals surface area contributed by atoms with Gasteiger partial charge in [-0.05, 0) is 0 Å². The Labute approximate surface area is 59.4 Å². The van der Waals surface area contributed by atoms with Crippen LogP contribution in [-0.4, -0.2) is 5.01 Å². The molecule has 0 aromatic heterocycles. The fraction of sp³-hybridized carbons (Fsp3) is 1.00. The molecule has 0 bridgehead atoms. The summed E-state index contributed by atoms with van der Waals surface area (Å²) in [5.74, 6) is 0. The van der Waals surface area contributed by atoms with E-state index in [0.717, 1.165) is 6.42 Å². The zero-order valence-electron chi connectivity index (χ0n) is 5.30. The van der Waals surface area contributed by atoms with Crippen molar-refractivity contribution in [1.82, 2.24) is 0 Å². The molecule has 0 aliphatic carbocycles. The van der Waals surface area contributed by atoms with Gasteiger partial charge in [-0.3, -0.25) is 0 Å². The topological polar surface area (TPSA) is 26.0 Å². The quantitative estimate of drug-likeness (QED) is 0.486. The molecule has 0 aromatic carbocycles. The molecule has 0 fully saturated rings. The summed E-state index contributed by atoms with van der Waals surface area (Å²) in [7, 11) is 0. The molecule has 1 nitrogen and oxygen atoms in total. The molecule has 0 aromatic rings. The monoisotopic (exact) mass is 158 g/mol. The van der Waals surface area contributed by atoms with E-state index in [1.165, 1.54) is 19.3 Å². The Balaban J connectivity index is 2.72. The van der Waals surface area contributed by atoms with Crippen LogP contribution in [0.25, 0.3) is 0 Å². The minimum atomic E-state index is 0.0292. The molecular weight excluding hydrogens is 145 g/mol. The van der Waals surface area contributed by atoms with E-state index in [9.17, 15) is 0 Å². The fourth-order valence-electron chi connectivity index (χ4n) is 0.577.